The van der Waals surface area contributed by atoms with E-state index in [-0.39, 0.29) is 5.91 Å². The largest absolute Gasteiger partial charge is 0.353 e. The fourth-order valence-electron chi connectivity index (χ4n) is 0.774. The lowest BCUT2D eigenvalue weighted by molar-refractivity contribution is -0.481. The van der Waals surface area contributed by atoms with Crippen LogP contribution in [0.25, 0.3) is 0 Å². The van der Waals surface area contributed by atoms with Crippen LogP contribution in [-0.4, -0.2) is 42.0 Å². The molecule has 9 heavy (non-hydrogen) atoms. The summed E-state index contributed by atoms with van der Waals surface area (Å²) in [5.74, 6) is 0.579. The molecule has 0 saturated heterocycles. The number of likely N-dealkylation sites (N-methyl/N-ethyl adjacent to an activating group) is 2. The Kier molecular flexibility index (Phi) is 1.16. The highest BCUT2D eigenvalue weighted by atomic mass is 16.2. The van der Waals surface area contributed by atoms with Gasteiger partial charge in [0.15, 0.2) is 6.54 Å². The van der Waals surface area contributed by atoms with Gasteiger partial charge in [-0.15, -0.1) is 0 Å². The van der Waals surface area contributed by atoms with Gasteiger partial charge in [-0.3, -0.25) is 15.1 Å². The maximum atomic E-state index is 10.8. The molecule has 1 amide bonds. The van der Waals surface area contributed by atoms with Gasteiger partial charge < -0.3 is 0 Å². The average molecular weight is 128 g/mol. The second kappa shape index (κ2) is 1.72. The van der Waals surface area contributed by atoms with E-state index in [0.29, 0.717) is 12.5 Å². The van der Waals surface area contributed by atoms with Gasteiger partial charge in [0.1, 0.15) is 0 Å². The number of carbonyl (C=O) groups excluding carboxylic acids is 1. The fourth-order valence-corrected chi connectivity index (χ4v) is 0.774. The Hall–Kier alpha value is -1.06. The summed E-state index contributed by atoms with van der Waals surface area (Å²) < 4.78 is 1.71. The van der Waals surface area contributed by atoms with Gasteiger partial charge in [0.25, 0.3) is 0 Å². The maximum Gasteiger partial charge on any atom is 0.353 e. The first-order valence-corrected chi connectivity index (χ1v) is 2.73. The van der Waals surface area contributed by atoms with Crippen LogP contribution in [0.2, 0.25) is 0 Å². The molecule has 4 nitrogen and oxygen atoms in total. The normalized spacial score (nSPS) is 19.8. The summed E-state index contributed by atoms with van der Waals surface area (Å²) >= 11 is 0. The van der Waals surface area contributed by atoms with Gasteiger partial charge in [-0.2, -0.15) is 0 Å². The van der Waals surface area contributed by atoms with Gasteiger partial charge in [0.05, 0.1) is 14.1 Å². The predicted molar refractivity (Wildman–Crippen MR) is 33.0 cm³/mol. The first kappa shape index (κ1) is 6.07. The van der Waals surface area contributed by atoms with Crippen LogP contribution in [0.4, 0.5) is 0 Å². The topological polar surface area (TPSA) is 49.3 Å². The van der Waals surface area contributed by atoms with Crippen LogP contribution in [0.3, 0.4) is 0 Å². The van der Waals surface area contributed by atoms with Crippen molar-refractivity contribution in [2.24, 2.45) is 5.73 Å². The molecule has 0 aromatic heterocycles. The fraction of sp³-hybridized carbons (Fsp3) is 0.600. The molecule has 0 bridgehead atoms. The molecule has 0 aromatic carbocycles. The summed E-state index contributed by atoms with van der Waals surface area (Å²) in [7, 11) is 3.46. The molecular formula is C5H10N3O+. The van der Waals surface area contributed by atoms with Crippen LogP contribution in [0.1, 0.15) is 0 Å². The summed E-state index contributed by atoms with van der Waals surface area (Å²) in [6, 6.07) is 0. The third kappa shape index (κ3) is 0.759. The number of nitrogens with two attached hydrogens (primary N) is 1. The SMILES string of the molecule is CN1C(=O)C[N+](C)=C1N. The zero-order valence-corrected chi connectivity index (χ0v) is 5.59. The van der Waals surface area contributed by atoms with E-state index in [1.165, 1.54) is 4.90 Å². The smallest absolute Gasteiger partial charge is 0.290 e. The van der Waals surface area contributed by atoms with Crippen molar-refractivity contribution in [1.82, 2.24) is 4.90 Å². The number of nitrogens with zero attached hydrogens (tertiary/aromatic N) is 2. The van der Waals surface area contributed by atoms with Crippen molar-refractivity contribution in [1.29, 1.82) is 0 Å². The molecule has 2 N–H and O–H groups in total. The molecule has 50 valence electrons. The summed E-state index contributed by atoms with van der Waals surface area (Å²) in [6.07, 6.45) is 0. The minimum absolute atomic E-state index is 0.0509. The second-order valence-electron chi connectivity index (χ2n) is 2.17. The van der Waals surface area contributed by atoms with Crippen molar-refractivity contribution in [2.45, 2.75) is 0 Å². The Labute approximate surface area is 53.6 Å². The molecule has 0 aromatic rings. The maximum absolute atomic E-state index is 10.8. The number of rotatable bonds is 0. The highest BCUT2D eigenvalue weighted by Crippen LogP contribution is 1.92. The first-order valence-electron chi connectivity index (χ1n) is 2.73. The summed E-state index contributed by atoms with van der Waals surface area (Å²) in [5.41, 5.74) is 5.46. The van der Waals surface area contributed by atoms with Gasteiger partial charge in [-0.05, 0) is 0 Å². The number of hydrogen-bond donors (Lipinski definition) is 1. The van der Waals surface area contributed by atoms with Gasteiger partial charge >= 0.3 is 11.9 Å². The Morgan fingerprint density at radius 1 is 1.78 bits per heavy atom. The molecular weight excluding hydrogens is 118 g/mol. The van der Waals surface area contributed by atoms with Crippen LogP contribution >= 0.6 is 0 Å². The van der Waals surface area contributed by atoms with Crippen molar-refractivity contribution in [3.63, 3.8) is 0 Å². The minimum Gasteiger partial charge on any atom is -0.290 e. The van der Waals surface area contributed by atoms with Crippen molar-refractivity contribution in [2.75, 3.05) is 20.6 Å². The van der Waals surface area contributed by atoms with Gasteiger partial charge in [0.2, 0.25) is 0 Å². The molecule has 0 saturated carbocycles. The third-order valence-electron chi connectivity index (χ3n) is 1.48. The molecule has 0 unspecified atom stereocenters. The van der Waals surface area contributed by atoms with Crippen LogP contribution in [0.5, 0.6) is 0 Å². The standard InChI is InChI=1S/C5H9N3O/c1-7-3-4(9)8(2)5(7)6/h6H,3H2,1-2H3/p+1. The van der Waals surface area contributed by atoms with E-state index >= 15 is 0 Å². The molecule has 0 radical (unpaired) electrons. The molecule has 1 aliphatic rings. The molecule has 0 aliphatic carbocycles. The highest BCUT2D eigenvalue weighted by molar-refractivity contribution is 5.97. The van der Waals surface area contributed by atoms with E-state index in [1.807, 2.05) is 0 Å². The van der Waals surface area contributed by atoms with E-state index in [0.717, 1.165) is 0 Å². The lowest BCUT2D eigenvalue weighted by Gasteiger charge is -1.96. The summed E-state index contributed by atoms with van der Waals surface area (Å²) in [6.45, 7) is 0.405. The average Bonchev–Trinajstić information content (AvgIpc) is 1.98. The van der Waals surface area contributed by atoms with E-state index in [9.17, 15) is 4.79 Å². The molecule has 1 rings (SSSR count). The van der Waals surface area contributed by atoms with Gasteiger partial charge in [-0.25, -0.2) is 4.90 Å². The van der Waals surface area contributed by atoms with E-state index in [4.69, 9.17) is 5.73 Å². The molecule has 4 heteroatoms. The molecule has 1 heterocycles. The Morgan fingerprint density at radius 2 is 2.33 bits per heavy atom. The zero-order valence-electron chi connectivity index (χ0n) is 5.59. The van der Waals surface area contributed by atoms with Gasteiger partial charge in [-0.1, -0.05) is 0 Å². The Balaban J connectivity index is 2.87. The quantitative estimate of drug-likeness (QED) is 0.400. The number of amides is 1. The molecule has 1 aliphatic heterocycles. The Bertz CT molecular complexity index is 185. The van der Waals surface area contributed by atoms with E-state index in [2.05, 4.69) is 0 Å². The zero-order chi connectivity index (χ0) is 7.02. The number of hydrogen-bond acceptors (Lipinski definition) is 2. The first-order chi connectivity index (χ1) is 4.13. The van der Waals surface area contributed by atoms with Crippen molar-refractivity contribution < 1.29 is 9.37 Å². The van der Waals surface area contributed by atoms with Crippen LogP contribution in [-0.2, 0) is 4.79 Å². The van der Waals surface area contributed by atoms with Crippen molar-refractivity contribution >= 4 is 11.9 Å². The number of carbonyl (C=O) groups is 1. The van der Waals surface area contributed by atoms with E-state index < -0.39 is 0 Å². The lowest BCUT2D eigenvalue weighted by atomic mass is 10.6. The number of guanidine groups is 1. The van der Waals surface area contributed by atoms with Crippen molar-refractivity contribution in [3.05, 3.63) is 0 Å². The predicted octanol–water partition coefficient (Wildman–Crippen LogP) is -1.58. The van der Waals surface area contributed by atoms with Crippen LogP contribution < -0.4 is 5.73 Å². The highest BCUT2D eigenvalue weighted by Gasteiger charge is 2.28. The monoisotopic (exact) mass is 128 g/mol. The van der Waals surface area contributed by atoms with Crippen LogP contribution in [0, 0.1) is 0 Å². The summed E-state index contributed by atoms with van der Waals surface area (Å²) in [5, 5.41) is 0. The second-order valence-corrected chi connectivity index (χ2v) is 2.17. The summed E-state index contributed by atoms with van der Waals surface area (Å²) in [4.78, 5) is 12.2. The van der Waals surface area contributed by atoms with Crippen molar-refractivity contribution in [3.8, 4) is 0 Å². The molecule has 0 fully saturated rings. The molecule has 0 spiro atoms. The lowest BCUT2D eigenvalue weighted by Crippen LogP contribution is -2.35. The van der Waals surface area contributed by atoms with Gasteiger partial charge in [0, 0.05) is 0 Å². The minimum atomic E-state index is 0.0509. The van der Waals surface area contributed by atoms with E-state index in [1.54, 1.807) is 18.7 Å². The third-order valence-corrected chi connectivity index (χ3v) is 1.48. The Morgan fingerprint density at radius 3 is 2.44 bits per heavy atom. The molecule has 0 atom stereocenters. The van der Waals surface area contributed by atoms with Crippen LogP contribution in [0.15, 0.2) is 0 Å².